The van der Waals surface area contributed by atoms with Crippen molar-refractivity contribution in [3.8, 4) is 0 Å². The summed E-state index contributed by atoms with van der Waals surface area (Å²) in [7, 11) is 1.60. The largest absolute Gasteiger partial charge is 0.481 e. The molecule has 1 aliphatic rings. The van der Waals surface area contributed by atoms with Crippen molar-refractivity contribution in [3.63, 3.8) is 0 Å². The maximum Gasteiger partial charge on any atom is 0.317 e. The third-order valence-electron chi connectivity index (χ3n) is 2.92. The summed E-state index contributed by atoms with van der Waals surface area (Å²) in [6.45, 7) is 2.41. The maximum atomic E-state index is 11.7. The average molecular weight is 260 g/mol. The number of urea groups is 1. The summed E-state index contributed by atoms with van der Waals surface area (Å²) in [6, 6.07) is -0.305. The Morgan fingerprint density at radius 1 is 1.56 bits per heavy atom. The first kappa shape index (κ1) is 14.7. The summed E-state index contributed by atoms with van der Waals surface area (Å²) in [5.41, 5.74) is -1.44. The lowest BCUT2D eigenvalue weighted by atomic mass is 10.0. The standard InChI is InChI=1S/C11H20N2O5/c1-11(17,5-9(14)15)7-12-10(16)13-4-3-8(6-13)18-2/h8,17H,3-7H2,1-2H3,(H,12,16)(H,14,15). The third kappa shape index (κ3) is 4.50. The van der Waals surface area contributed by atoms with Crippen molar-refractivity contribution in [1.29, 1.82) is 0 Å². The molecule has 7 heteroatoms. The van der Waals surface area contributed by atoms with E-state index in [4.69, 9.17) is 9.84 Å². The highest BCUT2D eigenvalue weighted by Gasteiger charge is 2.29. The molecule has 0 bridgehead atoms. The zero-order chi connectivity index (χ0) is 13.8. The Kier molecular flexibility index (Phi) is 4.92. The first-order chi connectivity index (χ1) is 8.34. The van der Waals surface area contributed by atoms with E-state index in [9.17, 15) is 14.7 Å². The second kappa shape index (κ2) is 6.01. The number of carboxylic acids is 1. The predicted molar refractivity (Wildman–Crippen MR) is 63.3 cm³/mol. The fourth-order valence-corrected chi connectivity index (χ4v) is 1.87. The molecule has 1 fully saturated rings. The number of carbonyl (C=O) groups excluding carboxylic acids is 1. The first-order valence-corrected chi connectivity index (χ1v) is 5.84. The van der Waals surface area contributed by atoms with Crippen molar-refractivity contribution in [1.82, 2.24) is 10.2 Å². The summed E-state index contributed by atoms with van der Waals surface area (Å²) >= 11 is 0. The van der Waals surface area contributed by atoms with Crippen LogP contribution in [0.25, 0.3) is 0 Å². The van der Waals surface area contributed by atoms with Crippen LogP contribution in [0.4, 0.5) is 4.79 Å². The Morgan fingerprint density at radius 3 is 2.72 bits per heavy atom. The quantitative estimate of drug-likeness (QED) is 0.627. The minimum atomic E-state index is -1.44. The number of amides is 2. The van der Waals surface area contributed by atoms with Crippen molar-refractivity contribution in [2.75, 3.05) is 26.7 Å². The molecule has 1 rings (SSSR count). The van der Waals surface area contributed by atoms with Gasteiger partial charge < -0.3 is 25.2 Å². The van der Waals surface area contributed by atoms with Crippen LogP contribution in [0.2, 0.25) is 0 Å². The molecule has 0 radical (unpaired) electrons. The minimum Gasteiger partial charge on any atom is -0.481 e. The molecule has 2 amide bonds. The molecule has 0 aromatic heterocycles. The summed E-state index contributed by atoms with van der Waals surface area (Å²) in [5, 5.41) is 20.9. The number of nitrogens with zero attached hydrogens (tertiary/aromatic N) is 1. The lowest BCUT2D eigenvalue weighted by molar-refractivity contribution is -0.141. The van der Waals surface area contributed by atoms with Crippen molar-refractivity contribution in [2.45, 2.75) is 31.5 Å². The fraction of sp³-hybridized carbons (Fsp3) is 0.818. The van der Waals surface area contributed by atoms with Gasteiger partial charge in [0.25, 0.3) is 0 Å². The highest BCUT2D eigenvalue weighted by molar-refractivity contribution is 5.75. The van der Waals surface area contributed by atoms with Crippen LogP contribution in [0.5, 0.6) is 0 Å². The number of likely N-dealkylation sites (tertiary alicyclic amines) is 1. The second-order valence-corrected chi connectivity index (χ2v) is 4.82. The van der Waals surface area contributed by atoms with Crippen LogP contribution < -0.4 is 5.32 Å². The Balaban J connectivity index is 2.35. The molecule has 104 valence electrons. The molecule has 1 heterocycles. The van der Waals surface area contributed by atoms with E-state index in [1.54, 1.807) is 12.0 Å². The normalized spacial score (nSPS) is 22.6. The van der Waals surface area contributed by atoms with Crippen molar-refractivity contribution in [2.24, 2.45) is 0 Å². The number of rotatable bonds is 5. The molecule has 0 aromatic rings. The number of nitrogens with one attached hydrogen (secondary N) is 1. The Hall–Kier alpha value is -1.34. The van der Waals surface area contributed by atoms with Crippen LogP contribution in [0.1, 0.15) is 19.8 Å². The Bertz CT molecular complexity index is 319. The van der Waals surface area contributed by atoms with Gasteiger partial charge in [-0.2, -0.15) is 0 Å². The zero-order valence-electron chi connectivity index (χ0n) is 10.7. The van der Waals surface area contributed by atoms with Crippen LogP contribution in [-0.4, -0.2) is 65.6 Å². The molecule has 1 saturated heterocycles. The van der Waals surface area contributed by atoms with Gasteiger partial charge in [-0.1, -0.05) is 0 Å². The molecule has 0 aromatic carbocycles. The van der Waals surface area contributed by atoms with E-state index in [2.05, 4.69) is 5.32 Å². The molecule has 18 heavy (non-hydrogen) atoms. The van der Waals surface area contributed by atoms with Gasteiger partial charge >= 0.3 is 12.0 Å². The van der Waals surface area contributed by atoms with E-state index in [1.165, 1.54) is 6.92 Å². The van der Waals surface area contributed by atoms with Crippen molar-refractivity contribution in [3.05, 3.63) is 0 Å². The summed E-state index contributed by atoms with van der Waals surface area (Å²) in [4.78, 5) is 23.8. The smallest absolute Gasteiger partial charge is 0.317 e. The van der Waals surface area contributed by atoms with Gasteiger partial charge in [0.05, 0.1) is 18.1 Å². The molecule has 2 atom stereocenters. The number of hydrogen-bond acceptors (Lipinski definition) is 4. The topological polar surface area (TPSA) is 99.1 Å². The molecule has 2 unspecified atom stereocenters. The number of aliphatic carboxylic acids is 1. The van der Waals surface area contributed by atoms with E-state index in [0.717, 1.165) is 6.42 Å². The van der Waals surface area contributed by atoms with Gasteiger partial charge in [-0.3, -0.25) is 4.79 Å². The summed E-state index contributed by atoms with van der Waals surface area (Å²) < 4.78 is 5.14. The second-order valence-electron chi connectivity index (χ2n) is 4.82. The Labute approximate surface area is 106 Å². The molecular weight excluding hydrogens is 240 g/mol. The number of carbonyl (C=O) groups is 2. The monoisotopic (exact) mass is 260 g/mol. The molecule has 7 nitrogen and oxygen atoms in total. The molecule has 3 N–H and O–H groups in total. The van der Waals surface area contributed by atoms with Crippen LogP contribution in [0.3, 0.4) is 0 Å². The van der Waals surface area contributed by atoms with E-state index >= 15 is 0 Å². The van der Waals surface area contributed by atoms with E-state index in [1.807, 2.05) is 0 Å². The van der Waals surface area contributed by atoms with Crippen molar-refractivity contribution < 1.29 is 24.5 Å². The van der Waals surface area contributed by atoms with Gasteiger partial charge in [-0.05, 0) is 13.3 Å². The van der Waals surface area contributed by atoms with Gasteiger partial charge in [0, 0.05) is 26.7 Å². The van der Waals surface area contributed by atoms with Gasteiger partial charge in [-0.25, -0.2) is 4.79 Å². The van der Waals surface area contributed by atoms with Crippen molar-refractivity contribution >= 4 is 12.0 Å². The van der Waals surface area contributed by atoms with E-state index < -0.39 is 18.0 Å². The fourth-order valence-electron chi connectivity index (χ4n) is 1.87. The number of ether oxygens (including phenoxy) is 1. The van der Waals surface area contributed by atoms with E-state index in [-0.39, 0.29) is 18.7 Å². The van der Waals surface area contributed by atoms with Crippen LogP contribution in [0, 0.1) is 0 Å². The lowest BCUT2D eigenvalue weighted by Crippen LogP contribution is -2.47. The molecule has 0 saturated carbocycles. The Morgan fingerprint density at radius 2 is 2.22 bits per heavy atom. The van der Waals surface area contributed by atoms with Crippen LogP contribution >= 0.6 is 0 Å². The SMILES string of the molecule is COC1CCN(C(=O)NCC(C)(O)CC(=O)O)C1. The van der Waals surface area contributed by atoms with Crippen LogP contribution in [0.15, 0.2) is 0 Å². The molecular formula is C11H20N2O5. The molecule has 0 aliphatic carbocycles. The zero-order valence-corrected chi connectivity index (χ0v) is 10.7. The number of methoxy groups -OCH3 is 1. The maximum absolute atomic E-state index is 11.7. The van der Waals surface area contributed by atoms with Gasteiger partial charge in [-0.15, -0.1) is 0 Å². The molecule has 1 aliphatic heterocycles. The van der Waals surface area contributed by atoms with E-state index in [0.29, 0.717) is 13.1 Å². The van der Waals surface area contributed by atoms with Crippen LogP contribution in [-0.2, 0) is 9.53 Å². The number of hydrogen-bond donors (Lipinski definition) is 3. The molecule has 0 spiro atoms. The predicted octanol–water partition coefficient (Wildman–Crippen LogP) is -0.358. The summed E-state index contributed by atoms with van der Waals surface area (Å²) in [6.07, 6.45) is 0.430. The van der Waals surface area contributed by atoms with Gasteiger partial charge in [0.15, 0.2) is 0 Å². The van der Waals surface area contributed by atoms with Gasteiger partial charge in [0.2, 0.25) is 0 Å². The minimum absolute atomic E-state index is 0.0512. The number of carboxylic acid groups (broad SMARTS) is 1. The van der Waals surface area contributed by atoms with Gasteiger partial charge in [0.1, 0.15) is 0 Å². The highest BCUT2D eigenvalue weighted by Crippen LogP contribution is 2.12. The highest BCUT2D eigenvalue weighted by atomic mass is 16.5. The third-order valence-corrected chi connectivity index (χ3v) is 2.92. The number of aliphatic hydroxyl groups is 1. The summed E-state index contributed by atoms with van der Waals surface area (Å²) in [5.74, 6) is -1.10. The average Bonchev–Trinajstić information content (AvgIpc) is 2.72. The first-order valence-electron chi connectivity index (χ1n) is 5.84. The lowest BCUT2D eigenvalue weighted by Gasteiger charge is -2.24.